The lowest BCUT2D eigenvalue weighted by Gasteiger charge is -2.13. The highest BCUT2D eigenvalue weighted by molar-refractivity contribution is 6.02. The SMILES string of the molecule is CCC(O)COc1ccccc1/C(C)=N/NC(=O)c1ccc(O)c(O)c1.Cl. The van der Waals surface area contributed by atoms with Gasteiger partial charge in [-0.2, -0.15) is 5.10 Å². The lowest BCUT2D eigenvalue weighted by molar-refractivity contribution is 0.0954. The number of amides is 1. The molecule has 1 amide bonds. The molecule has 2 aromatic carbocycles. The van der Waals surface area contributed by atoms with Gasteiger partial charge < -0.3 is 20.1 Å². The van der Waals surface area contributed by atoms with Crippen molar-refractivity contribution in [2.24, 2.45) is 5.10 Å². The first-order valence-corrected chi connectivity index (χ1v) is 8.19. The number of aliphatic hydroxyl groups excluding tert-OH is 1. The minimum Gasteiger partial charge on any atom is -0.504 e. The second-order valence-electron chi connectivity index (χ2n) is 5.71. The van der Waals surface area contributed by atoms with Crippen LogP contribution in [0.2, 0.25) is 0 Å². The maximum atomic E-state index is 12.1. The Morgan fingerprint density at radius 2 is 1.89 bits per heavy atom. The molecule has 0 aliphatic heterocycles. The Kier molecular flexibility index (Phi) is 8.58. The van der Waals surface area contributed by atoms with Crippen LogP contribution in [-0.2, 0) is 0 Å². The van der Waals surface area contributed by atoms with E-state index in [2.05, 4.69) is 10.5 Å². The van der Waals surface area contributed by atoms with Gasteiger partial charge in [0.1, 0.15) is 12.4 Å². The molecule has 1 atom stereocenters. The summed E-state index contributed by atoms with van der Waals surface area (Å²) in [5.41, 5.74) is 3.76. The summed E-state index contributed by atoms with van der Waals surface area (Å²) in [4.78, 5) is 12.1. The summed E-state index contributed by atoms with van der Waals surface area (Å²) in [6, 6.07) is 10.9. The van der Waals surface area contributed by atoms with Crippen LogP contribution in [0.1, 0.15) is 36.2 Å². The third kappa shape index (κ3) is 6.16. The van der Waals surface area contributed by atoms with E-state index in [0.717, 1.165) is 6.07 Å². The van der Waals surface area contributed by atoms with Gasteiger partial charge in [-0.25, -0.2) is 5.43 Å². The number of hydrazone groups is 1. The van der Waals surface area contributed by atoms with Crippen molar-refractivity contribution in [1.82, 2.24) is 5.43 Å². The van der Waals surface area contributed by atoms with E-state index in [1.807, 2.05) is 19.1 Å². The molecule has 0 bridgehead atoms. The van der Waals surface area contributed by atoms with E-state index in [-0.39, 0.29) is 36.1 Å². The van der Waals surface area contributed by atoms with Crippen LogP contribution in [0, 0.1) is 0 Å². The smallest absolute Gasteiger partial charge is 0.271 e. The normalized spacial score (nSPS) is 12.0. The molecule has 1 unspecified atom stereocenters. The fourth-order valence-electron chi connectivity index (χ4n) is 2.12. The first-order valence-electron chi connectivity index (χ1n) is 8.19. The summed E-state index contributed by atoms with van der Waals surface area (Å²) in [6.45, 7) is 3.75. The molecule has 4 N–H and O–H groups in total. The van der Waals surface area contributed by atoms with Crippen molar-refractivity contribution < 1.29 is 24.9 Å². The number of halogens is 1. The number of ether oxygens (including phenoxy) is 1. The second-order valence-corrected chi connectivity index (χ2v) is 5.71. The Labute approximate surface area is 163 Å². The van der Waals surface area contributed by atoms with Gasteiger partial charge >= 0.3 is 0 Å². The quantitative estimate of drug-likeness (QED) is 0.328. The lowest BCUT2D eigenvalue weighted by Crippen LogP contribution is -2.20. The zero-order valence-electron chi connectivity index (χ0n) is 15.0. The molecule has 0 aliphatic rings. The number of nitrogens with one attached hydrogen (secondary N) is 1. The molecule has 8 heteroatoms. The number of hydrogen-bond donors (Lipinski definition) is 4. The summed E-state index contributed by atoms with van der Waals surface area (Å²) in [7, 11) is 0. The zero-order chi connectivity index (χ0) is 19.1. The molecule has 0 spiro atoms. The van der Waals surface area contributed by atoms with Gasteiger partial charge in [0.15, 0.2) is 11.5 Å². The predicted octanol–water partition coefficient (Wildman–Crippen LogP) is 2.82. The second kappa shape index (κ2) is 10.4. The Balaban J connectivity index is 0.00000364. The van der Waals surface area contributed by atoms with E-state index in [4.69, 9.17) is 4.74 Å². The highest BCUT2D eigenvalue weighted by Gasteiger charge is 2.11. The van der Waals surface area contributed by atoms with Gasteiger partial charge in [0.25, 0.3) is 5.91 Å². The van der Waals surface area contributed by atoms with Crippen molar-refractivity contribution in [3.05, 3.63) is 53.6 Å². The summed E-state index contributed by atoms with van der Waals surface area (Å²) < 4.78 is 5.63. The van der Waals surface area contributed by atoms with Crippen molar-refractivity contribution in [3.63, 3.8) is 0 Å². The van der Waals surface area contributed by atoms with Crippen LogP contribution in [0.25, 0.3) is 0 Å². The van der Waals surface area contributed by atoms with Crippen LogP contribution < -0.4 is 10.2 Å². The number of hydrogen-bond acceptors (Lipinski definition) is 6. The predicted molar refractivity (Wildman–Crippen MR) is 105 cm³/mol. The number of carbonyl (C=O) groups excluding carboxylic acids is 1. The molecule has 2 aromatic rings. The Morgan fingerprint density at radius 3 is 2.56 bits per heavy atom. The summed E-state index contributed by atoms with van der Waals surface area (Å²) in [5, 5.41) is 32.5. The zero-order valence-corrected chi connectivity index (χ0v) is 15.9. The first kappa shape index (κ1) is 22.3. The molecular weight excluding hydrogens is 372 g/mol. The fraction of sp³-hybridized carbons (Fsp3) is 0.263. The van der Waals surface area contributed by atoms with Crippen LogP contribution in [0.3, 0.4) is 0 Å². The number of aromatic hydroxyl groups is 2. The van der Waals surface area contributed by atoms with E-state index in [1.54, 1.807) is 19.1 Å². The summed E-state index contributed by atoms with van der Waals surface area (Å²) >= 11 is 0. The Bertz CT molecular complexity index is 810. The standard InChI is InChI=1S/C19H22N2O5.ClH/c1-3-14(22)11-26-18-7-5-4-6-15(18)12(2)20-21-19(25)13-8-9-16(23)17(24)10-13;/h4-10,14,22-24H,3,11H2,1-2H3,(H,21,25);1H/b20-12+;. The van der Waals surface area contributed by atoms with E-state index < -0.39 is 12.0 Å². The Hall–Kier alpha value is -2.77. The molecular formula is C19H23ClN2O5. The first-order chi connectivity index (χ1) is 12.4. The van der Waals surface area contributed by atoms with E-state index >= 15 is 0 Å². The van der Waals surface area contributed by atoms with Gasteiger partial charge in [0.05, 0.1) is 11.8 Å². The van der Waals surface area contributed by atoms with Crippen LogP contribution in [-0.4, -0.2) is 39.6 Å². The Morgan fingerprint density at radius 1 is 1.19 bits per heavy atom. The van der Waals surface area contributed by atoms with Gasteiger partial charge in [0.2, 0.25) is 0 Å². The van der Waals surface area contributed by atoms with Gasteiger partial charge in [0, 0.05) is 11.1 Å². The van der Waals surface area contributed by atoms with Crippen LogP contribution in [0.4, 0.5) is 0 Å². The number of phenols is 2. The molecule has 0 aromatic heterocycles. The molecule has 0 fully saturated rings. The van der Waals surface area contributed by atoms with Gasteiger partial charge in [-0.05, 0) is 43.7 Å². The number of nitrogens with zero attached hydrogens (tertiary/aromatic N) is 1. The number of carbonyl (C=O) groups is 1. The molecule has 27 heavy (non-hydrogen) atoms. The number of phenolic OH excluding ortho intramolecular Hbond substituents is 2. The summed E-state index contributed by atoms with van der Waals surface area (Å²) in [6.07, 6.45) is 0.0345. The monoisotopic (exact) mass is 394 g/mol. The fourth-order valence-corrected chi connectivity index (χ4v) is 2.12. The average Bonchev–Trinajstić information content (AvgIpc) is 2.66. The van der Waals surface area contributed by atoms with Crippen molar-refractivity contribution >= 4 is 24.0 Å². The molecule has 0 saturated heterocycles. The third-order valence-electron chi connectivity index (χ3n) is 3.74. The number of para-hydroxylation sites is 1. The van der Waals surface area contributed by atoms with Crippen molar-refractivity contribution in [3.8, 4) is 17.2 Å². The van der Waals surface area contributed by atoms with Crippen LogP contribution >= 0.6 is 12.4 Å². The number of rotatable bonds is 7. The summed E-state index contributed by atoms with van der Waals surface area (Å²) in [5.74, 6) is -0.662. The van der Waals surface area contributed by atoms with Gasteiger partial charge in [-0.1, -0.05) is 19.1 Å². The minimum atomic E-state index is -0.554. The molecule has 146 valence electrons. The third-order valence-corrected chi connectivity index (χ3v) is 3.74. The van der Waals surface area contributed by atoms with E-state index in [9.17, 15) is 20.1 Å². The maximum absolute atomic E-state index is 12.1. The molecule has 2 rings (SSSR count). The van der Waals surface area contributed by atoms with Crippen LogP contribution in [0.5, 0.6) is 17.2 Å². The maximum Gasteiger partial charge on any atom is 0.271 e. The average molecular weight is 395 g/mol. The molecule has 0 aliphatic carbocycles. The molecule has 0 saturated carbocycles. The van der Waals surface area contributed by atoms with Crippen molar-refractivity contribution in [1.29, 1.82) is 0 Å². The highest BCUT2D eigenvalue weighted by atomic mass is 35.5. The minimum absolute atomic E-state index is 0. The van der Waals surface area contributed by atoms with Crippen molar-refractivity contribution in [2.75, 3.05) is 6.61 Å². The highest BCUT2D eigenvalue weighted by Crippen LogP contribution is 2.24. The number of benzene rings is 2. The lowest BCUT2D eigenvalue weighted by atomic mass is 10.1. The largest absolute Gasteiger partial charge is 0.504 e. The van der Waals surface area contributed by atoms with Gasteiger partial charge in [-0.15, -0.1) is 12.4 Å². The van der Waals surface area contributed by atoms with Gasteiger partial charge in [-0.3, -0.25) is 4.79 Å². The van der Waals surface area contributed by atoms with Crippen LogP contribution in [0.15, 0.2) is 47.6 Å². The molecule has 0 radical (unpaired) electrons. The number of aliphatic hydroxyl groups is 1. The topological polar surface area (TPSA) is 111 Å². The molecule has 0 heterocycles. The van der Waals surface area contributed by atoms with Crippen molar-refractivity contribution in [2.45, 2.75) is 26.4 Å². The van der Waals surface area contributed by atoms with E-state index in [0.29, 0.717) is 23.4 Å². The van der Waals surface area contributed by atoms with E-state index in [1.165, 1.54) is 12.1 Å². The molecule has 7 nitrogen and oxygen atoms in total.